The van der Waals surface area contributed by atoms with Crippen molar-refractivity contribution in [2.75, 3.05) is 23.8 Å². The number of amides is 3. The maximum Gasteiger partial charge on any atom is 0.250 e. The van der Waals surface area contributed by atoms with Crippen LogP contribution in [0, 0.1) is 17.8 Å². The highest BCUT2D eigenvalue weighted by atomic mass is 35.5. The van der Waals surface area contributed by atoms with Crippen molar-refractivity contribution < 1.29 is 29.0 Å². The van der Waals surface area contributed by atoms with Crippen molar-refractivity contribution >= 4 is 40.7 Å². The Balaban J connectivity index is 1.47. The first kappa shape index (κ1) is 28.4. The van der Waals surface area contributed by atoms with E-state index in [9.17, 15) is 19.5 Å². The maximum absolute atomic E-state index is 14.2. The summed E-state index contributed by atoms with van der Waals surface area (Å²) in [5.41, 5.74) is -0.0551. The van der Waals surface area contributed by atoms with Crippen LogP contribution in [-0.4, -0.2) is 64.7 Å². The standard InChI is InChI=1S/C30H36ClN3O6/c1-4-17(3)22(16-35)34-26(28(37)33-19-8-6-18(31)7-9-19)30-15-14-23(40-30)24(25(30)29(34)38)27(36)32-20-10-12-21(13-11-20)39-5-2/h6-13,17,22-26,35H,4-5,14-16H2,1-3H3,(H,32,36)(H,33,37)/t17-,22-,23-,24+,25-,26?,30?/m0/s1. The average molecular weight is 570 g/mol. The first-order chi connectivity index (χ1) is 19.2. The second-order valence-electron chi connectivity index (χ2n) is 10.9. The van der Waals surface area contributed by atoms with E-state index in [0.29, 0.717) is 48.0 Å². The summed E-state index contributed by atoms with van der Waals surface area (Å²) in [5.74, 6) is -2.05. The third-order valence-corrected chi connectivity index (χ3v) is 8.93. The molecule has 0 aromatic heterocycles. The van der Waals surface area contributed by atoms with Gasteiger partial charge in [-0.05, 0) is 74.2 Å². The van der Waals surface area contributed by atoms with Gasteiger partial charge in [-0.3, -0.25) is 14.4 Å². The zero-order valence-corrected chi connectivity index (χ0v) is 23.7. The quantitative estimate of drug-likeness (QED) is 0.397. The number of carbonyl (C=O) groups is 3. The number of carbonyl (C=O) groups excluding carboxylic acids is 3. The van der Waals surface area contributed by atoms with E-state index in [2.05, 4.69) is 10.6 Å². The molecule has 3 N–H and O–H groups in total. The molecule has 214 valence electrons. The third-order valence-electron chi connectivity index (χ3n) is 8.68. The first-order valence-corrected chi connectivity index (χ1v) is 14.3. The predicted molar refractivity (Wildman–Crippen MR) is 151 cm³/mol. The van der Waals surface area contributed by atoms with Crippen LogP contribution in [0.5, 0.6) is 5.75 Å². The molecule has 1 spiro atoms. The Kier molecular flexibility index (Phi) is 8.08. The van der Waals surface area contributed by atoms with E-state index in [1.165, 1.54) is 4.90 Å². The summed E-state index contributed by atoms with van der Waals surface area (Å²) in [6.45, 7) is 6.05. The highest BCUT2D eigenvalue weighted by molar-refractivity contribution is 6.30. The molecule has 2 unspecified atom stereocenters. The Labute approximate surface area is 239 Å². The van der Waals surface area contributed by atoms with Crippen LogP contribution in [0.15, 0.2) is 48.5 Å². The molecular weight excluding hydrogens is 534 g/mol. The van der Waals surface area contributed by atoms with E-state index in [4.69, 9.17) is 21.1 Å². The van der Waals surface area contributed by atoms with Gasteiger partial charge in [0.2, 0.25) is 17.7 Å². The number of anilines is 2. The lowest BCUT2D eigenvalue weighted by Crippen LogP contribution is -2.57. The molecular formula is C30H36ClN3O6. The number of ether oxygens (including phenoxy) is 2. The van der Waals surface area contributed by atoms with Crippen LogP contribution < -0.4 is 15.4 Å². The SMILES string of the molecule is CCOc1ccc(NC(=O)[C@@H]2[C@@H]3CCC4(O3)C(C(=O)Nc3ccc(Cl)cc3)N([C@@H](CO)[C@@H](C)CC)C(=O)[C@H]24)cc1. The minimum atomic E-state index is -1.17. The highest BCUT2D eigenvalue weighted by Crippen LogP contribution is 2.59. The minimum Gasteiger partial charge on any atom is -0.494 e. The summed E-state index contributed by atoms with van der Waals surface area (Å²) in [5, 5.41) is 16.8. The largest absolute Gasteiger partial charge is 0.494 e. The topological polar surface area (TPSA) is 117 Å². The lowest BCUT2D eigenvalue weighted by Gasteiger charge is -2.38. The van der Waals surface area contributed by atoms with E-state index in [1.54, 1.807) is 48.5 Å². The number of aliphatic hydroxyl groups is 1. The van der Waals surface area contributed by atoms with Crippen molar-refractivity contribution in [1.29, 1.82) is 0 Å². The summed E-state index contributed by atoms with van der Waals surface area (Å²) < 4.78 is 12.0. The lowest BCUT2D eigenvalue weighted by molar-refractivity contribution is -0.144. The first-order valence-electron chi connectivity index (χ1n) is 13.9. The molecule has 0 radical (unpaired) electrons. The fourth-order valence-corrected chi connectivity index (χ4v) is 6.76. The van der Waals surface area contributed by atoms with Gasteiger partial charge in [-0.1, -0.05) is 31.9 Å². The number of nitrogens with one attached hydrogen (secondary N) is 2. The second kappa shape index (κ2) is 11.4. The number of hydrogen-bond donors (Lipinski definition) is 3. The monoisotopic (exact) mass is 569 g/mol. The van der Waals surface area contributed by atoms with E-state index in [0.717, 1.165) is 0 Å². The van der Waals surface area contributed by atoms with Crippen LogP contribution in [0.4, 0.5) is 11.4 Å². The fourth-order valence-electron chi connectivity index (χ4n) is 6.63. The van der Waals surface area contributed by atoms with Gasteiger partial charge in [0.15, 0.2) is 0 Å². The van der Waals surface area contributed by atoms with Gasteiger partial charge in [0.25, 0.3) is 0 Å². The molecule has 3 aliphatic heterocycles. The number of rotatable bonds is 10. The zero-order chi connectivity index (χ0) is 28.6. The van der Waals surface area contributed by atoms with E-state index >= 15 is 0 Å². The summed E-state index contributed by atoms with van der Waals surface area (Å²) in [6, 6.07) is 12.2. The number of benzene rings is 2. The average Bonchev–Trinajstić information content (AvgIpc) is 3.59. The molecule has 9 nitrogen and oxygen atoms in total. The molecule has 2 aromatic carbocycles. The zero-order valence-electron chi connectivity index (χ0n) is 22.9. The van der Waals surface area contributed by atoms with Crippen molar-refractivity contribution in [2.45, 2.75) is 63.8 Å². The minimum absolute atomic E-state index is 0.0802. The summed E-state index contributed by atoms with van der Waals surface area (Å²) in [4.78, 5) is 43.4. The normalized spacial score (nSPS) is 28.2. The van der Waals surface area contributed by atoms with Gasteiger partial charge >= 0.3 is 0 Å². The third kappa shape index (κ3) is 4.84. The Morgan fingerprint density at radius 1 is 1.10 bits per heavy atom. The molecule has 40 heavy (non-hydrogen) atoms. The van der Waals surface area contributed by atoms with Gasteiger partial charge in [-0.25, -0.2) is 0 Å². The number of halogens is 1. The number of hydrogen-bond acceptors (Lipinski definition) is 6. The van der Waals surface area contributed by atoms with Crippen LogP contribution in [0.3, 0.4) is 0 Å². The summed E-state index contributed by atoms with van der Waals surface area (Å²) in [6.07, 6.45) is 1.23. The van der Waals surface area contributed by atoms with Crippen LogP contribution in [0.2, 0.25) is 5.02 Å². The van der Waals surface area contributed by atoms with Crippen molar-refractivity contribution in [3.05, 3.63) is 53.6 Å². The number of nitrogens with zero attached hydrogens (tertiary/aromatic N) is 1. The molecule has 10 heteroatoms. The molecule has 3 aliphatic rings. The van der Waals surface area contributed by atoms with Crippen molar-refractivity contribution in [1.82, 2.24) is 4.90 Å². The fraction of sp³-hybridized carbons (Fsp3) is 0.500. The van der Waals surface area contributed by atoms with E-state index in [-0.39, 0.29) is 24.3 Å². The van der Waals surface area contributed by atoms with Crippen molar-refractivity contribution in [3.63, 3.8) is 0 Å². The Morgan fingerprint density at radius 3 is 2.33 bits per heavy atom. The number of aliphatic hydroxyl groups excluding tert-OH is 1. The van der Waals surface area contributed by atoms with Crippen molar-refractivity contribution in [3.8, 4) is 5.75 Å². The number of fused-ring (bicyclic) bond motifs is 1. The van der Waals surface area contributed by atoms with Crippen LogP contribution in [0.1, 0.15) is 40.0 Å². The van der Waals surface area contributed by atoms with Crippen LogP contribution in [-0.2, 0) is 19.1 Å². The van der Waals surface area contributed by atoms with Crippen LogP contribution >= 0.6 is 11.6 Å². The molecule has 3 saturated heterocycles. The van der Waals surface area contributed by atoms with Gasteiger partial charge in [0.05, 0.1) is 37.2 Å². The number of likely N-dealkylation sites (tertiary alicyclic amines) is 1. The molecule has 3 heterocycles. The molecule has 0 saturated carbocycles. The van der Waals surface area contributed by atoms with Gasteiger partial charge in [-0.15, -0.1) is 0 Å². The van der Waals surface area contributed by atoms with Crippen LogP contribution in [0.25, 0.3) is 0 Å². The van der Waals surface area contributed by atoms with Crippen molar-refractivity contribution in [2.24, 2.45) is 17.8 Å². The molecule has 0 aliphatic carbocycles. The van der Waals surface area contributed by atoms with Gasteiger partial charge in [-0.2, -0.15) is 0 Å². The smallest absolute Gasteiger partial charge is 0.250 e. The molecule has 2 aromatic rings. The Hall–Kier alpha value is -3.14. The maximum atomic E-state index is 14.2. The van der Waals surface area contributed by atoms with Gasteiger partial charge in [0, 0.05) is 16.4 Å². The molecule has 3 amide bonds. The molecule has 3 fully saturated rings. The summed E-state index contributed by atoms with van der Waals surface area (Å²) in [7, 11) is 0. The van der Waals surface area contributed by atoms with Gasteiger partial charge < -0.3 is 30.1 Å². The Morgan fingerprint density at radius 2 is 1.73 bits per heavy atom. The molecule has 7 atom stereocenters. The second-order valence-corrected chi connectivity index (χ2v) is 11.3. The predicted octanol–water partition coefficient (Wildman–Crippen LogP) is 4.10. The summed E-state index contributed by atoms with van der Waals surface area (Å²) >= 11 is 6.02. The van der Waals surface area contributed by atoms with E-state index < -0.39 is 41.5 Å². The van der Waals surface area contributed by atoms with E-state index in [1.807, 2.05) is 20.8 Å². The highest BCUT2D eigenvalue weighted by Gasteiger charge is 2.75. The Bertz CT molecular complexity index is 1260. The van der Waals surface area contributed by atoms with Gasteiger partial charge in [0.1, 0.15) is 17.4 Å². The lowest BCUT2D eigenvalue weighted by atomic mass is 9.70. The molecule has 2 bridgehead atoms. The molecule has 5 rings (SSSR count).